The third-order valence-electron chi connectivity index (χ3n) is 5.24. The Hall–Kier alpha value is -2.43. The molecule has 1 N–H and O–H groups in total. The Bertz CT molecular complexity index is 1230. The molecular formula is C22H22Cl2N2O6S. The lowest BCUT2D eigenvalue weighted by Crippen LogP contribution is -2.32. The number of amides is 1. The van der Waals surface area contributed by atoms with E-state index in [1.807, 2.05) is 0 Å². The van der Waals surface area contributed by atoms with Crippen LogP contribution in [0.25, 0.3) is 5.76 Å². The second kappa shape index (κ2) is 9.82. The first-order valence-electron chi connectivity index (χ1n) is 9.76. The monoisotopic (exact) mass is 512 g/mol. The molecule has 1 saturated heterocycles. The Morgan fingerprint density at radius 1 is 1.09 bits per heavy atom. The molecule has 1 atom stereocenters. The van der Waals surface area contributed by atoms with Gasteiger partial charge in [-0.15, -0.1) is 0 Å². The summed E-state index contributed by atoms with van der Waals surface area (Å²) in [5.41, 5.74) is 0.522. The molecule has 8 nitrogen and oxygen atoms in total. The molecule has 11 heteroatoms. The number of carbonyl (C=O) groups is 2. The van der Waals surface area contributed by atoms with E-state index >= 15 is 0 Å². The highest BCUT2D eigenvalue weighted by Gasteiger charge is 2.46. The van der Waals surface area contributed by atoms with Gasteiger partial charge in [-0.2, -0.15) is 0 Å². The average Bonchev–Trinajstić information content (AvgIpc) is 3.03. The summed E-state index contributed by atoms with van der Waals surface area (Å²) < 4.78 is 30.8. The van der Waals surface area contributed by atoms with E-state index in [0.29, 0.717) is 10.6 Å². The van der Waals surface area contributed by atoms with Crippen LogP contribution in [0.5, 0.6) is 0 Å². The normalized spacial score (nSPS) is 18.4. The number of halogens is 2. The fourth-order valence-corrected chi connectivity index (χ4v) is 4.69. The maximum Gasteiger partial charge on any atom is 0.295 e. The van der Waals surface area contributed by atoms with Crippen LogP contribution in [0.3, 0.4) is 0 Å². The van der Waals surface area contributed by atoms with Gasteiger partial charge in [0, 0.05) is 33.3 Å². The minimum Gasteiger partial charge on any atom is -0.507 e. The highest BCUT2D eigenvalue weighted by molar-refractivity contribution is 7.89. The van der Waals surface area contributed by atoms with Gasteiger partial charge in [-0.1, -0.05) is 29.3 Å². The number of Topliss-reactive ketones (excluding diaryl/α,β-unsaturated/α-hetero) is 1. The Labute approximate surface area is 202 Å². The zero-order chi connectivity index (χ0) is 24.5. The Morgan fingerprint density at radius 3 is 2.27 bits per heavy atom. The SMILES string of the molecule is COCCN1C(=O)C(=O)C(=C(O)c2ccc(S(=O)(=O)N(C)C)cc2)[C@@H]1c1ccc(Cl)c(Cl)c1. The van der Waals surface area contributed by atoms with Crippen LogP contribution in [0, 0.1) is 0 Å². The summed E-state index contributed by atoms with van der Waals surface area (Å²) in [4.78, 5) is 27.0. The van der Waals surface area contributed by atoms with E-state index in [9.17, 15) is 23.1 Å². The Balaban J connectivity index is 2.14. The number of methoxy groups -OCH3 is 1. The molecule has 1 aliphatic heterocycles. The third-order valence-corrected chi connectivity index (χ3v) is 7.81. The lowest BCUT2D eigenvalue weighted by molar-refractivity contribution is -0.140. The lowest BCUT2D eigenvalue weighted by Gasteiger charge is -2.25. The smallest absolute Gasteiger partial charge is 0.295 e. The van der Waals surface area contributed by atoms with Crippen molar-refractivity contribution >= 4 is 50.7 Å². The van der Waals surface area contributed by atoms with Crippen LogP contribution < -0.4 is 0 Å². The van der Waals surface area contributed by atoms with Crippen molar-refractivity contribution in [3.8, 4) is 0 Å². The van der Waals surface area contributed by atoms with Gasteiger partial charge in [0.25, 0.3) is 11.7 Å². The number of hydrogen-bond acceptors (Lipinski definition) is 6. The van der Waals surface area contributed by atoms with Crippen LogP contribution >= 0.6 is 23.2 Å². The van der Waals surface area contributed by atoms with Gasteiger partial charge in [-0.05, 0) is 42.0 Å². The van der Waals surface area contributed by atoms with Crippen LogP contribution in [-0.4, -0.2) is 68.8 Å². The van der Waals surface area contributed by atoms with Crippen molar-refractivity contribution in [3.05, 3.63) is 69.2 Å². The predicted molar refractivity (Wildman–Crippen MR) is 125 cm³/mol. The van der Waals surface area contributed by atoms with Crippen LogP contribution in [0.2, 0.25) is 10.0 Å². The van der Waals surface area contributed by atoms with E-state index in [2.05, 4.69) is 0 Å². The summed E-state index contributed by atoms with van der Waals surface area (Å²) >= 11 is 12.2. The van der Waals surface area contributed by atoms with Gasteiger partial charge < -0.3 is 14.7 Å². The average molecular weight is 513 g/mol. The van der Waals surface area contributed by atoms with Gasteiger partial charge >= 0.3 is 0 Å². The second-order valence-corrected chi connectivity index (χ2v) is 10.4. The molecule has 1 fully saturated rings. The topological polar surface area (TPSA) is 104 Å². The van der Waals surface area contributed by atoms with E-state index < -0.39 is 33.5 Å². The summed E-state index contributed by atoms with van der Waals surface area (Å²) in [7, 11) is 0.601. The molecule has 176 valence electrons. The largest absolute Gasteiger partial charge is 0.507 e. The summed E-state index contributed by atoms with van der Waals surface area (Å²) in [5.74, 6) is -2.10. The minimum absolute atomic E-state index is 0.0191. The number of hydrogen-bond donors (Lipinski definition) is 1. The minimum atomic E-state index is -3.67. The van der Waals surface area contributed by atoms with Crippen molar-refractivity contribution in [3.63, 3.8) is 0 Å². The summed E-state index contributed by atoms with van der Waals surface area (Å²) in [6, 6.07) is 9.14. The molecule has 0 aliphatic carbocycles. The molecule has 1 heterocycles. The van der Waals surface area contributed by atoms with Crippen molar-refractivity contribution < 1.29 is 27.9 Å². The number of carbonyl (C=O) groups excluding carboxylic acids is 2. The van der Waals surface area contributed by atoms with Crippen molar-refractivity contribution in [2.45, 2.75) is 10.9 Å². The van der Waals surface area contributed by atoms with Crippen molar-refractivity contribution in [2.24, 2.45) is 0 Å². The number of rotatable bonds is 7. The van der Waals surface area contributed by atoms with Gasteiger partial charge in [0.1, 0.15) is 5.76 Å². The standard InChI is InChI=1S/C22H22Cl2N2O6S/c1-25(2)33(30,31)15-7-4-13(5-8-15)20(27)18-19(14-6-9-16(23)17(24)12-14)26(10-11-32-3)22(29)21(18)28/h4-9,12,19,27H,10-11H2,1-3H3/t19-/m0/s1. The maximum atomic E-state index is 12.9. The van der Waals surface area contributed by atoms with E-state index in [1.165, 1.54) is 62.5 Å². The number of ether oxygens (including phenoxy) is 1. The first-order chi connectivity index (χ1) is 15.5. The first kappa shape index (κ1) is 25.2. The lowest BCUT2D eigenvalue weighted by atomic mass is 9.95. The van der Waals surface area contributed by atoms with Crippen LogP contribution in [-0.2, 0) is 24.3 Å². The highest BCUT2D eigenvalue weighted by atomic mass is 35.5. The van der Waals surface area contributed by atoms with Crippen molar-refractivity contribution in [2.75, 3.05) is 34.4 Å². The van der Waals surface area contributed by atoms with Crippen LogP contribution in [0.4, 0.5) is 0 Å². The number of sulfonamides is 1. The van der Waals surface area contributed by atoms with Gasteiger partial charge in [-0.25, -0.2) is 12.7 Å². The van der Waals surface area contributed by atoms with Crippen LogP contribution in [0.15, 0.2) is 52.9 Å². The molecule has 0 saturated carbocycles. The molecule has 0 unspecified atom stereocenters. The number of ketones is 1. The number of aliphatic hydroxyl groups is 1. The molecule has 0 radical (unpaired) electrons. The first-order valence-corrected chi connectivity index (χ1v) is 12.0. The fourth-order valence-electron chi connectivity index (χ4n) is 3.48. The second-order valence-electron chi connectivity index (χ2n) is 7.47. The molecule has 0 aromatic heterocycles. The zero-order valence-corrected chi connectivity index (χ0v) is 20.4. The maximum absolute atomic E-state index is 12.9. The third kappa shape index (κ3) is 4.78. The predicted octanol–water partition coefficient (Wildman–Crippen LogP) is 3.31. The van der Waals surface area contributed by atoms with E-state index in [0.717, 1.165) is 4.31 Å². The van der Waals surface area contributed by atoms with Crippen LogP contribution in [0.1, 0.15) is 17.2 Å². The summed E-state index contributed by atoms with van der Waals surface area (Å²) in [6.45, 7) is 0.269. The molecule has 1 aliphatic rings. The molecule has 2 aromatic rings. The fraction of sp³-hybridized carbons (Fsp3) is 0.273. The van der Waals surface area contributed by atoms with Gasteiger partial charge in [-0.3, -0.25) is 9.59 Å². The van der Waals surface area contributed by atoms with E-state index in [1.54, 1.807) is 6.07 Å². The molecular weight excluding hydrogens is 491 g/mol. The van der Waals surface area contributed by atoms with Crippen molar-refractivity contribution in [1.82, 2.24) is 9.21 Å². The van der Waals surface area contributed by atoms with Gasteiger partial charge in [0.2, 0.25) is 10.0 Å². The molecule has 1 amide bonds. The molecule has 33 heavy (non-hydrogen) atoms. The number of likely N-dealkylation sites (tertiary alicyclic amines) is 1. The quantitative estimate of drug-likeness (QED) is 0.346. The highest BCUT2D eigenvalue weighted by Crippen LogP contribution is 2.40. The number of nitrogens with zero attached hydrogens (tertiary/aromatic N) is 2. The molecule has 2 aromatic carbocycles. The van der Waals surface area contributed by atoms with Crippen molar-refractivity contribution in [1.29, 1.82) is 0 Å². The van der Waals surface area contributed by atoms with Gasteiger partial charge in [0.05, 0.1) is 33.2 Å². The van der Waals surface area contributed by atoms with E-state index in [-0.39, 0.29) is 34.2 Å². The summed E-state index contributed by atoms with van der Waals surface area (Å²) in [5, 5.41) is 11.6. The summed E-state index contributed by atoms with van der Waals surface area (Å²) in [6.07, 6.45) is 0. The Kier molecular flexibility index (Phi) is 7.50. The number of benzene rings is 2. The van der Waals surface area contributed by atoms with Gasteiger partial charge in [0.15, 0.2) is 0 Å². The Morgan fingerprint density at radius 2 is 1.73 bits per heavy atom. The number of aliphatic hydroxyl groups excluding tert-OH is 1. The molecule has 3 rings (SSSR count). The van der Waals surface area contributed by atoms with E-state index in [4.69, 9.17) is 27.9 Å². The zero-order valence-electron chi connectivity index (χ0n) is 18.1. The molecule has 0 spiro atoms. The molecule has 0 bridgehead atoms.